The summed E-state index contributed by atoms with van der Waals surface area (Å²) in [6, 6.07) is 10.2. The summed E-state index contributed by atoms with van der Waals surface area (Å²) in [4.78, 5) is 23.6. The van der Waals surface area contributed by atoms with Gasteiger partial charge in [-0.25, -0.2) is 0 Å². The molecule has 1 amide bonds. The molecule has 150 valence electrons. The highest BCUT2D eigenvalue weighted by Gasteiger charge is 2.19. The minimum atomic E-state index is -0.0117. The molecule has 0 N–H and O–H groups in total. The Balaban J connectivity index is 1.51. The number of carbonyl (C=O) groups excluding carboxylic acids is 1. The summed E-state index contributed by atoms with van der Waals surface area (Å²) in [5.74, 6) is -0.0117. The smallest absolute Gasteiger partial charge is 0.255 e. The zero-order chi connectivity index (χ0) is 20.5. The summed E-state index contributed by atoms with van der Waals surface area (Å²) in [6.45, 7) is 2.36. The summed E-state index contributed by atoms with van der Waals surface area (Å²) in [5, 5.41) is 5.15. The average molecular weight is 399 g/mol. The molecule has 1 aromatic carbocycles. The molecule has 1 aliphatic heterocycles. The zero-order valence-corrected chi connectivity index (χ0v) is 16.7. The molecule has 30 heavy (non-hydrogen) atoms. The van der Waals surface area contributed by atoms with E-state index in [1.165, 1.54) is 0 Å². The number of rotatable bonds is 3. The number of pyridine rings is 2. The number of morpholine rings is 1. The number of aryl methyl sites for hydroxylation is 1. The van der Waals surface area contributed by atoms with Gasteiger partial charge in [-0.2, -0.15) is 5.10 Å². The highest BCUT2D eigenvalue weighted by atomic mass is 16.5. The van der Waals surface area contributed by atoms with E-state index in [2.05, 4.69) is 39.3 Å². The third-order valence-electron chi connectivity index (χ3n) is 5.39. The zero-order valence-electron chi connectivity index (χ0n) is 16.7. The molecule has 0 saturated carbocycles. The summed E-state index contributed by atoms with van der Waals surface area (Å²) >= 11 is 0. The Morgan fingerprint density at radius 3 is 2.47 bits per heavy atom. The van der Waals surface area contributed by atoms with Crippen molar-refractivity contribution in [3.63, 3.8) is 0 Å². The second-order valence-electron chi connectivity index (χ2n) is 7.36. The van der Waals surface area contributed by atoms with Crippen molar-refractivity contribution in [2.45, 2.75) is 0 Å². The van der Waals surface area contributed by atoms with Crippen LogP contribution in [0.15, 0.2) is 61.3 Å². The predicted octanol–water partition coefficient (Wildman–Crippen LogP) is 3.17. The number of benzene rings is 1. The highest BCUT2D eigenvalue weighted by Crippen LogP contribution is 2.29. The van der Waals surface area contributed by atoms with Gasteiger partial charge in [0, 0.05) is 55.2 Å². The minimum absolute atomic E-state index is 0.0117. The number of fused-ring (bicyclic) bond motifs is 1. The number of hydrogen-bond donors (Lipinski definition) is 0. The molecule has 1 fully saturated rings. The van der Waals surface area contributed by atoms with Crippen molar-refractivity contribution in [1.82, 2.24) is 24.6 Å². The lowest BCUT2D eigenvalue weighted by Gasteiger charge is -2.26. The minimum Gasteiger partial charge on any atom is -0.378 e. The lowest BCUT2D eigenvalue weighted by molar-refractivity contribution is 0.0303. The SMILES string of the molecule is Cn1cc(-c2ccc(-c3cncc4ncc(C(=O)N5CCOCC5)cc34)cc2)cn1. The van der Waals surface area contributed by atoms with E-state index >= 15 is 0 Å². The van der Waals surface area contributed by atoms with E-state index < -0.39 is 0 Å². The van der Waals surface area contributed by atoms with Gasteiger partial charge in [0.2, 0.25) is 0 Å². The second kappa shape index (κ2) is 7.68. The van der Waals surface area contributed by atoms with Crippen molar-refractivity contribution in [1.29, 1.82) is 0 Å². The summed E-state index contributed by atoms with van der Waals surface area (Å²) < 4.78 is 7.14. The highest BCUT2D eigenvalue weighted by molar-refractivity contribution is 6.01. The number of aromatic nitrogens is 4. The lowest BCUT2D eigenvalue weighted by atomic mass is 9.99. The van der Waals surface area contributed by atoms with Crippen LogP contribution >= 0.6 is 0 Å². The third-order valence-corrected chi connectivity index (χ3v) is 5.39. The Morgan fingerprint density at radius 2 is 1.73 bits per heavy atom. The van der Waals surface area contributed by atoms with Gasteiger partial charge in [-0.15, -0.1) is 0 Å². The first-order valence-electron chi connectivity index (χ1n) is 9.89. The number of hydrogen-bond acceptors (Lipinski definition) is 5. The maximum atomic E-state index is 12.9. The number of ether oxygens (including phenoxy) is 1. The molecule has 1 aliphatic rings. The molecule has 7 heteroatoms. The molecule has 4 heterocycles. The Kier molecular flexibility index (Phi) is 4.72. The molecule has 0 aliphatic carbocycles. The molecule has 0 bridgehead atoms. The summed E-state index contributed by atoms with van der Waals surface area (Å²) in [6.07, 6.45) is 9.03. The van der Waals surface area contributed by atoms with Gasteiger partial charge in [0.25, 0.3) is 5.91 Å². The number of carbonyl (C=O) groups is 1. The first kappa shape index (κ1) is 18.4. The molecule has 0 radical (unpaired) electrons. The van der Waals surface area contributed by atoms with E-state index in [0.717, 1.165) is 33.2 Å². The fourth-order valence-corrected chi connectivity index (χ4v) is 3.75. The van der Waals surface area contributed by atoms with Crippen LogP contribution in [0.4, 0.5) is 0 Å². The Labute approximate surface area is 173 Å². The van der Waals surface area contributed by atoms with E-state index in [9.17, 15) is 4.79 Å². The van der Waals surface area contributed by atoms with Gasteiger partial charge >= 0.3 is 0 Å². The molecule has 4 aromatic rings. The lowest BCUT2D eigenvalue weighted by Crippen LogP contribution is -2.40. The van der Waals surface area contributed by atoms with Gasteiger partial charge in [-0.05, 0) is 17.2 Å². The van der Waals surface area contributed by atoms with E-state index in [1.54, 1.807) is 17.1 Å². The van der Waals surface area contributed by atoms with Crippen molar-refractivity contribution in [2.75, 3.05) is 26.3 Å². The average Bonchev–Trinajstić information content (AvgIpc) is 3.25. The van der Waals surface area contributed by atoms with Crippen LogP contribution in [0.5, 0.6) is 0 Å². The van der Waals surface area contributed by atoms with E-state index in [0.29, 0.717) is 31.9 Å². The fraction of sp³-hybridized carbons (Fsp3) is 0.217. The van der Waals surface area contributed by atoms with Crippen LogP contribution in [-0.4, -0.2) is 56.9 Å². The Bertz CT molecular complexity index is 1210. The first-order chi connectivity index (χ1) is 14.7. The molecule has 0 spiro atoms. The van der Waals surface area contributed by atoms with Gasteiger partial charge < -0.3 is 9.64 Å². The summed E-state index contributed by atoms with van der Waals surface area (Å²) in [5.41, 5.74) is 5.50. The third kappa shape index (κ3) is 3.44. The standard InChI is InChI=1S/C23H21N5O2/c1-27-15-19(12-26-27)16-2-4-17(5-3-16)21-13-24-14-22-20(21)10-18(11-25-22)23(29)28-6-8-30-9-7-28/h2-5,10-15H,6-9H2,1H3. The topological polar surface area (TPSA) is 73.1 Å². The van der Waals surface area contributed by atoms with Crippen LogP contribution in [0.25, 0.3) is 33.2 Å². The fourth-order valence-electron chi connectivity index (χ4n) is 3.75. The van der Waals surface area contributed by atoms with Crippen molar-refractivity contribution in [3.05, 3.63) is 66.9 Å². The summed E-state index contributed by atoms with van der Waals surface area (Å²) in [7, 11) is 1.91. The van der Waals surface area contributed by atoms with Crippen LogP contribution < -0.4 is 0 Å². The van der Waals surface area contributed by atoms with E-state index in [1.807, 2.05) is 36.6 Å². The monoisotopic (exact) mass is 399 g/mol. The Hall–Kier alpha value is -3.58. The normalized spacial score (nSPS) is 14.2. The van der Waals surface area contributed by atoms with Crippen molar-refractivity contribution >= 4 is 16.8 Å². The maximum absolute atomic E-state index is 12.9. The molecule has 3 aromatic heterocycles. The van der Waals surface area contributed by atoms with Crippen molar-refractivity contribution < 1.29 is 9.53 Å². The van der Waals surface area contributed by atoms with Gasteiger partial charge in [-0.1, -0.05) is 24.3 Å². The van der Waals surface area contributed by atoms with Crippen LogP contribution in [0, 0.1) is 0 Å². The number of amides is 1. The largest absolute Gasteiger partial charge is 0.378 e. The number of nitrogens with zero attached hydrogens (tertiary/aromatic N) is 5. The van der Waals surface area contributed by atoms with Crippen molar-refractivity contribution in [2.24, 2.45) is 7.05 Å². The van der Waals surface area contributed by atoms with Gasteiger partial charge in [0.15, 0.2) is 0 Å². The second-order valence-corrected chi connectivity index (χ2v) is 7.36. The molecule has 1 saturated heterocycles. The van der Waals surface area contributed by atoms with Gasteiger partial charge in [0.1, 0.15) is 0 Å². The van der Waals surface area contributed by atoms with Crippen molar-refractivity contribution in [3.8, 4) is 22.3 Å². The molecule has 7 nitrogen and oxygen atoms in total. The van der Waals surface area contributed by atoms with Crippen LogP contribution in [-0.2, 0) is 11.8 Å². The van der Waals surface area contributed by atoms with E-state index in [4.69, 9.17) is 4.74 Å². The van der Waals surface area contributed by atoms with Crippen LogP contribution in [0.1, 0.15) is 10.4 Å². The maximum Gasteiger partial charge on any atom is 0.255 e. The van der Waals surface area contributed by atoms with E-state index in [-0.39, 0.29) is 5.91 Å². The molecule has 5 rings (SSSR count). The molecule has 0 atom stereocenters. The molecular weight excluding hydrogens is 378 g/mol. The predicted molar refractivity (Wildman–Crippen MR) is 114 cm³/mol. The molecular formula is C23H21N5O2. The van der Waals surface area contributed by atoms with Crippen LogP contribution in [0.3, 0.4) is 0 Å². The quantitative estimate of drug-likeness (QED) is 0.529. The van der Waals surface area contributed by atoms with Gasteiger partial charge in [0.05, 0.1) is 36.7 Å². The van der Waals surface area contributed by atoms with Crippen LogP contribution in [0.2, 0.25) is 0 Å². The Morgan fingerprint density at radius 1 is 0.967 bits per heavy atom. The first-order valence-corrected chi connectivity index (χ1v) is 9.89. The van der Waals surface area contributed by atoms with Gasteiger partial charge in [-0.3, -0.25) is 19.4 Å². The molecule has 0 unspecified atom stereocenters.